The summed E-state index contributed by atoms with van der Waals surface area (Å²) in [4.78, 5) is 0. The molecule has 1 saturated carbocycles. The normalized spacial score (nSPS) is 26.8. The van der Waals surface area contributed by atoms with Gasteiger partial charge in [-0.05, 0) is 18.3 Å². The topological polar surface area (TPSA) is 0 Å². The van der Waals surface area contributed by atoms with E-state index in [1.54, 1.807) is 0 Å². The molecule has 0 amide bonds. The van der Waals surface area contributed by atoms with E-state index in [1.165, 1.54) is 0 Å². The highest BCUT2D eigenvalue weighted by atomic mass is 19.3. The Morgan fingerprint density at radius 3 is 1.92 bits per heavy atom. The minimum atomic E-state index is -2.35. The van der Waals surface area contributed by atoms with E-state index in [1.807, 2.05) is 27.7 Å². The molecule has 0 nitrogen and oxygen atoms in total. The first-order valence-electron chi connectivity index (χ1n) is 4.89. The Kier molecular flexibility index (Phi) is 4.73. The monoisotopic (exact) mass is 178 g/mol. The molecule has 0 heterocycles. The molecule has 0 saturated heterocycles. The van der Waals surface area contributed by atoms with Gasteiger partial charge in [0, 0.05) is 12.8 Å². The van der Waals surface area contributed by atoms with Crippen molar-refractivity contribution in [2.75, 3.05) is 0 Å². The van der Waals surface area contributed by atoms with Crippen LogP contribution in [-0.2, 0) is 0 Å². The van der Waals surface area contributed by atoms with Gasteiger partial charge >= 0.3 is 0 Å². The summed E-state index contributed by atoms with van der Waals surface area (Å²) in [5.41, 5.74) is 0. The van der Waals surface area contributed by atoms with Gasteiger partial charge in [0.05, 0.1) is 0 Å². The van der Waals surface area contributed by atoms with Crippen LogP contribution < -0.4 is 0 Å². The van der Waals surface area contributed by atoms with E-state index in [4.69, 9.17) is 0 Å². The van der Waals surface area contributed by atoms with Gasteiger partial charge in [-0.25, -0.2) is 8.78 Å². The summed E-state index contributed by atoms with van der Waals surface area (Å²) < 4.78 is 25.1. The molecule has 1 rings (SSSR count). The molecule has 1 aliphatic carbocycles. The fourth-order valence-corrected chi connectivity index (χ4v) is 1.55. The molecule has 74 valence electrons. The summed E-state index contributed by atoms with van der Waals surface area (Å²) in [6.07, 6.45) is 0.936. The van der Waals surface area contributed by atoms with Crippen molar-refractivity contribution in [3.8, 4) is 0 Å². The quantitative estimate of drug-likeness (QED) is 0.567. The molecule has 0 aromatic heterocycles. The van der Waals surface area contributed by atoms with E-state index < -0.39 is 5.92 Å². The van der Waals surface area contributed by atoms with Crippen molar-refractivity contribution < 1.29 is 8.78 Å². The molecule has 1 unspecified atom stereocenters. The molecule has 0 aromatic carbocycles. The lowest BCUT2D eigenvalue weighted by molar-refractivity contribution is 0.00298. The third-order valence-electron chi connectivity index (χ3n) is 2.38. The highest BCUT2D eigenvalue weighted by Crippen LogP contribution is 2.41. The second-order valence-corrected chi connectivity index (χ2v) is 3.60. The van der Waals surface area contributed by atoms with Crippen molar-refractivity contribution in [3.05, 3.63) is 0 Å². The van der Waals surface area contributed by atoms with E-state index in [2.05, 4.69) is 0 Å². The Morgan fingerprint density at radius 1 is 1.25 bits per heavy atom. The SMILES string of the molecule is CC.CC(C)C1CCC(F)(F)C1. The smallest absolute Gasteiger partial charge is 0.207 e. The number of halogens is 2. The van der Waals surface area contributed by atoms with Crippen LogP contribution in [0, 0.1) is 11.8 Å². The minimum Gasteiger partial charge on any atom is -0.207 e. The van der Waals surface area contributed by atoms with Crippen molar-refractivity contribution in [2.24, 2.45) is 11.8 Å². The van der Waals surface area contributed by atoms with Gasteiger partial charge in [-0.2, -0.15) is 0 Å². The first-order valence-corrected chi connectivity index (χ1v) is 4.89. The molecule has 0 radical (unpaired) electrons. The van der Waals surface area contributed by atoms with Crippen LogP contribution in [0.5, 0.6) is 0 Å². The van der Waals surface area contributed by atoms with E-state index in [-0.39, 0.29) is 18.8 Å². The number of alkyl halides is 2. The van der Waals surface area contributed by atoms with Crippen LogP contribution in [0.25, 0.3) is 0 Å². The highest BCUT2D eigenvalue weighted by Gasteiger charge is 2.40. The average Bonchev–Trinajstić information content (AvgIpc) is 2.35. The average molecular weight is 178 g/mol. The van der Waals surface area contributed by atoms with Gasteiger partial charge in [-0.1, -0.05) is 27.7 Å². The molecule has 0 aliphatic heterocycles. The minimum absolute atomic E-state index is 0.107. The predicted molar refractivity (Wildman–Crippen MR) is 48.5 cm³/mol. The highest BCUT2D eigenvalue weighted by molar-refractivity contribution is 4.82. The summed E-state index contributed by atoms with van der Waals surface area (Å²) in [5, 5.41) is 0. The Balaban J connectivity index is 0.000000561. The van der Waals surface area contributed by atoms with Gasteiger partial charge in [0.1, 0.15) is 0 Å². The summed E-state index contributed by atoms with van der Waals surface area (Å²) >= 11 is 0. The first-order chi connectivity index (χ1) is 5.51. The Bertz CT molecular complexity index is 119. The lowest BCUT2D eigenvalue weighted by Gasteiger charge is -2.13. The number of hydrogen-bond donors (Lipinski definition) is 0. The molecule has 2 heteroatoms. The van der Waals surface area contributed by atoms with Crippen LogP contribution in [0.2, 0.25) is 0 Å². The van der Waals surface area contributed by atoms with Crippen molar-refractivity contribution in [1.29, 1.82) is 0 Å². The van der Waals surface area contributed by atoms with Crippen LogP contribution in [0.1, 0.15) is 47.0 Å². The van der Waals surface area contributed by atoms with Gasteiger partial charge in [0.15, 0.2) is 0 Å². The molecule has 1 aliphatic rings. The molecular formula is C10H20F2. The fraction of sp³-hybridized carbons (Fsp3) is 1.00. The Morgan fingerprint density at radius 2 is 1.75 bits per heavy atom. The predicted octanol–water partition coefficient (Wildman–Crippen LogP) is 4.10. The van der Waals surface area contributed by atoms with Crippen LogP contribution in [0.15, 0.2) is 0 Å². The van der Waals surface area contributed by atoms with Gasteiger partial charge < -0.3 is 0 Å². The molecule has 0 N–H and O–H groups in total. The van der Waals surface area contributed by atoms with Crippen molar-refractivity contribution in [3.63, 3.8) is 0 Å². The van der Waals surface area contributed by atoms with Crippen molar-refractivity contribution >= 4 is 0 Å². The molecule has 0 spiro atoms. The molecule has 12 heavy (non-hydrogen) atoms. The number of hydrogen-bond acceptors (Lipinski definition) is 0. The van der Waals surface area contributed by atoms with Crippen LogP contribution in [0.4, 0.5) is 8.78 Å². The maximum atomic E-state index is 12.6. The summed E-state index contributed by atoms with van der Waals surface area (Å²) in [7, 11) is 0. The maximum Gasteiger partial charge on any atom is 0.248 e. The van der Waals surface area contributed by atoms with E-state index in [0.717, 1.165) is 0 Å². The van der Waals surface area contributed by atoms with Gasteiger partial charge in [-0.15, -0.1) is 0 Å². The van der Waals surface area contributed by atoms with Crippen molar-refractivity contribution in [1.82, 2.24) is 0 Å². The van der Waals surface area contributed by atoms with E-state index in [0.29, 0.717) is 12.3 Å². The third kappa shape index (κ3) is 3.51. The molecule has 0 aromatic rings. The zero-order chi connectivity index (χ0) is 9.78. The second-order valence-electron chi connectivity index (χ2n) is 3.60. The largest absolute Gasteiger partial charge is 0.248 e. The zero-order valence-electron chi connectivity index (χ0n) is 8.53. The van der Waals surface area contributed by atoms with E-state index in [9.17, 15) is 8.78 Å². The van der Waals surface area contributed by atoms with Crippen LogP contribution in [-0.4, -0.2) is 5.92 Å². The maximum absolute atomic E-state index is 12.6. The molecule has 1 fully saturated rings. The lowest BCUT2D eigenvalue weighted by atomic mass is 9.94. The van der Waals surface area contributed by atoms with Gasteiger partial charge in [0.25, 0.3) is 0 Å². The van der Waals surface area contributed by atoms with Gasteiger partial charge in [0.2, 0.25) is 5.92 Å². The molecular weight excluding hydrogens is 158 g/mol. The van der Waals surface area contributed by atoms with E-state index >= 15 is 0 Å². The summed E-state index contributed by atoms with van der Waals surface area (Å²) in [6, 6.07) is 0. The summed E-state index contributed by atoms with van der Waals surface area (Å²) in [5.74, 6) is -1.67. The second kappa shape index (κ2) is 4.78. The Hall–Kier alpha value is -0.140. The van der Waals surface area contributed by atoms with Crippen molar-refractivity contribution in [2.45, 2.75) is 52.9 Å². The number of rotatable bonds is 1. The molecule has 1 atom stereocenters. The van der Waals surface area contributed by atoms with Crippen LogP contribution in [0.3, 0.4) is 0 Å². The zero-order valence-corrected chi connectivity index (χ0v) is 8.53. The fourth-order valence-electron chi connectivity index (χ4n) is 1.55. The summed E-state index contributed by atoms with van der Waals surface area (Å²) in [6.45, 7) is 8.04. The third-order valence-corrected chi connectivity index (χ3v) is 2.38. The van der Waals surface area contributed by atoms with Gasteiger partial charge in [-0.3, -0.25) is 0 Å². The standard InChI is InChI=1S/C8H14F2.C2H6/c1-6(2)7-3-4-8(9,10)5-7;1-2/h6-7H,3-5H2,1-2H3;1-2H3. The first kappa shape index (κ1) is 11.9. The lowest BCUT2D eigenvalue weighted by Crippen LogP contribution is -2.11. The molecule has 0 bridgehead atoms. The Labute approximate surface area is 74.4 Å². The van der Waals surface area contributed by atoms with Crippen LogP contribution >= 0.6 is 0 Å².